The molecule has 0 unspecified atom stereocenters. The number of nitrogens with zero attached hydrogens (tertiary/aromatic N) is 2. The number of carbonyl (C=O) groups excluding carboxylic acids is 1. The van der Waals surface area contributed by atoms with Crippen molar-refractivity contribution in [3.05, 3.63) is 36.0 Å². The third kappa shape index (κ3) is 3.21. The van der Waals surface area contributed by atoms with Gasteiger partial charge in [0.25, 0.3) is 0 Å². The zero-order valence-electron chi connectivity index (χ0n) is 12.1. The maximum Gasteiger partial charge on any atom is 0.178 e. The minimum atomic E-state index is -3.21. The summed E-state index contributed by atoms with van der Waals surface area (Å²) in [5.74, 6) is 0.0665. The summed E-state index contributed by atoms with van der Waals surface area (Å²) in [6, 6.07) is 6.49. The van der Waals surface area contributed by atoms with Crippen LogP contribution in [0.2, 0.25) is 0 Å². The molecule has 0 spiro atoms. The minimum absolute atomic E-state index is 0.0665. The Hall–Kier alpha value is -1.95. The van der Waals surface area contributed by atoms with Crippen LogP contribution in [0.25, 0.3) is 11.3 Å². The van der Waals surface area contributed by atoms with E-state index in [-0.39, 0.29) is 10.6 Å². The molecule has 21 heavy (non-hydrogen) atoms. The number of hydrogen-bond donors (Lipinski definition) is 0. The van der Waals surface area contributed by atoms with Crippen molar-refractivity contribution in [1.82, 2.24) is 9.78 Å². The van der Waals surface area contributed by atoms with Gasteiger partial charge >= 0.3 is 0 Å². The topological polar surface area (TPSA) is 69.0 Å². The number of hydrogen-bond acceptors (Lipinski definition) is 4. The van der Waals surface area contributed by atoms with Crippen LogP contribution in [0, 0.1) is 0 Å². The highest BCUT2D eigenvalue weighted by Crippen LogP contribution is 2.23. The molecule has 1 aromatic heterocycles. The Labute approximate surface area is 124 Å². The van der Waals surface area contributed by atoms with Gasteiger partial charge in [0.05, 0.1) is 16.2 Å². The summed E-state index contributed by atoms with van der Waals surface area (Å²) in [5.41, 5.74) is 1.83. The number of aromatic nitrogens is 2. The average Bonchev–Trinajstić information content (AvgIpc) is 2.91. The lowest BCUT2D eigenvalue weighted by atomic mass is 10.1. The van der Waals surface area contributed by atoms with Crippen molar-refractivity contribution >= 4 is 16.1 Å². The average molecular weight is 306 g/mol. The molecule has 0 amide bonds. The normalized spacial score (nSPS) is 11.5. The largest absolute Gasteiger partial charge is 0.298 e. The van der Waals surface area contributed by atoms with Crippen LogP contribution < -0.4 is 0 Å². The number of carbonyl (C=O) groups is 1. The van der Waals surface area contributed by atoms with Crippen molar-refractivity contribution in [3.63, 3.8) is 0 Å². The molecule has 0 bridgehead atoms. The van der Waals surface area contributed by atoms with Crippen molar-refractivity contribution in [2.24, 2.45) is 0 Å². The molecule has 6 heteroatoms. The van der Waals surface area contributed by atoms with E-state index in [0.29, 0.717) is 11.3 Å². The first kappa shape index (κ1) is 15.4. The van der Waals surface area contributed by atoms with Crippen LogP contribution in [0.3, 0.4) is 0 Å². The first-order chi connectivity index (χ1) is 10.0. The van der Waals surface area contributed by atoms with Crippen LogP contribution in [0.1, 0.15) is 30.6 Å². The zero-order valence-corrected chi connectivity index (χ0v) is 12.9. The van der Waals surface area contributed by atoms with Crippen LogP contribution in [0.4, 0.5) is 0 Å². The van der Waals surface area contributed by atoms with Gasteiger partial charge in [0, 0.05) is 18.3 Å². The van der Waals surface area contributed by atoms with Crippen LogP contribution >= 0.6 is 0 Å². The van der Waals surface area contributed by atoms with Gasteiger partial charge in [-0.15, -0.1) is 0 Å². The summed E-state index contributed by atoms with van der Waals surface area (Å²) >= 11 is 0. The molecule has 0 saturated carbocycles. The first-order valence-electron chi connectivity index (χ1n) is 6.87. The molecule has 0 aliphatic carbocycles. The van der Waals surface area contributed by atoms with Gasteiger partial charge in [0.1, 0.15) is 5.69 Å². The minimum Gasteiger partial charge on any atom is -0.298 e. The molecule has 0 radical (unpaired) electrons. The van der Waals surface area contributed by atoms with E-state index in [1.807, 2.05) is 6.92 Å². The fourth-order valence-corrected chi connectivity index (χ4v) is 2.96. The van der Waals surface area contributed by atoms with Crippen LogP contribution in [0.15, 0.2) is 35.4 Å². The second kappa shape index (κ2) is 6.22. The van der Waals surface area contributed by atoms with Gasteiger partial charge in [-0.25, -0.2) is 8.42 Å². The molecule has 0 atom stereocenters. The lowest BCUT2D eigenvalue weighted by Gasteiger charge is -2.03. The number of rotatable bonds is 6. The van der Waals surface area contributed by atoms with E-state index >= 15 is 0 Å². The van der Waals surface area contributed by atoms with Gasteiger partial charge in [-0.3, -0.25) is 9.48 Å². The number of aldehydes is 1. The van der Waals surface area contributed by atoms with Crippen LogP contribution in [-0.4, -0.2) is 30.2 Å². The molecule has 5 nitrogen and oxygen atoms in total. The van der Waals surface area contributed by atoms with E-state index in [1.165, 1.54) is 0 Å². The monoisotopic (exact) mass is 306 g/mol. The predicted molar refractivity (Wildman–Crippen MR) is 81.1 cm³/mol. The standard InChI is InChI=1S/C15H18N2O3S/c1-3-9-17-10-13(11-18)15(16-17)12-5-7-14(8-6-12)21(19,20)4-2/h5-8,10-11H,3-4,9H2,1-2H3. The third-order valence-electron chi connectivity index (χ3n) is 3.24. The van der Waals surface area contributed by atoms with Crippen molar-refractivity contribution in [3.8, 4) is 11.3 Å². The zero-order chi connectivity index (χ0) is 15.5. The highest BCUT2D eigenvalue weighted by atomic mass is 32.2. The molecule has 0 aliphatic rings. The molecule has 2 rings (SSSR count). The fraction of sp³-hybridized carbons (Fsp3) is 0.333. The molecule has 1 aromatic carbocycles. The van der Waals surface area contributed by atoms with E-state index in [0.717, 1.165) is 24.8 Å². The lowest BCUT2D eigenvalue weighted by Crippen LogP contribution is -2.03. The summed E-state index contributed by atoms with van der Waals surface area (Å²) in [7, 11) is -3.21. The smallest absolute Gasteiger partial charge is 0.178 e. The number of benzene rings is 1. The molecular formula is C15H18N2O3S. The summed E-state index contributed by atoms with van der Waals surface area (Å²) in [6.45, 7) is 4.38. The molecule has 112 valence electrons. The molecule has 0 fully saturated rings. The van der Waals surface area contributed by atoms with Gasteiger partial charge in [-0.2, -0.15) is 5.10 Å². The van der Waals surface area contributed by atoms with Crippen LogP contribution in [-0.2, 0) is 16.4 Å². The molecule has 0 N–H and O–H groups in total. The van der Waals surface area contributed by atoms with Gasteiger partial charge in [0.15, 0.2) is 16.1 Å². The highest BCUT2D eigenvalue weighted by Gasteiger charge is 2.14. The summed E-state index contributed by atoms with van der Waals surface area (Å²) < 4.78 is 25.3. The molecule has 1 heterocycles. The van der Waals surface area contributed by atoms with E-state index in [1.54, 1.807) is 42.1 Å². The van der Waals surface area contributed by atoms with Crippen molar-refractivity contribution in [2.75, 3.05) is 5.75 Å². The molecular weight excluding hydrogens is 288 g/mol. The second-order valence-corrected chi connectivity index (χ2v) is 7.02. The molecule has 0 aliphatic heterocycles. The summed E-state index contributed by atoms with van der Waals surface area (Å²) in [4.78, 5) is 11.4. The Kier molecular flexibility index (Phi) is 4.57. The van der Waals surface area contributed by atoms with Crippen molar-refractivity contribution < 1.29 is 13.2 Å². The van der Waals surface area contributed by atoms with Crippen molar-refractivity contribution in [1.29, 1.82) is 0 Å². The van der Waals surface area contributed by atoms with E-state index in [9.17, 15) is 13.2 Å². The SMILES string of the molecule is CCCn1cc(C=O)c(-c2ccc(S(=O)(=O)CC)cc2)n1. The molecule has 2 aromatic rings. The van der Waals surface area contributed by atoms with Gasteiger partial charge < -0.3 is 0 Å². The van der Waals surface area contributed by atoms with Gasteiger partial charge in [0.2, 0.25) is 0 Å². The molecule has 0 saturated heterocycles. The second-order valence-electron chi connectivity index (χ2n) is 4.74. The maximum absolute atomic E-state index is 11.8. The first-order valence-corrected chi connectivity index (χ1v) is 8.53. The highest BCUT2D eigenvalue weighted by molar-refractivity contribution is 7.91. The lowest BCUT2D eigenvalue weighted by molar-refractivity contribution is 0.112. The summed E-state index contributed by atoms with van der Waals surface area (Å²) in [5, 5.41) is 4.39. The summed E-state index contributed by atoms with van der Waals surface area (Å²) in [6.07, 6.45) is 3.40. The fourth-order valence-electron chi connectivity index (χ4n) is 2.08. The van der Waals surface area contributed by atoms with Gasteiger partial charge in [-0.1, -0.05) is 26.0 Å². The van der Waals surface area contributed by atoms with Crippen LogP contribution in [0.5, 0.6) is 0 Å². The Morgan fingerprint density at radius 1 is 1.19 bits per heavy atom. The Balaban J connectivity index is 2.41. The van der Waals surface area contributed by atoms with Crippen molar-refractivity contribution in [2.45, 2.75) is 31.7 Å². The van der Waals surface area contributed by atoms with E-state index in [2.05, 4.69) is 5.10 Å². The Bertz CT molecular complexity index is 731. The van der Waals surface area contributed by atoms with E-state index < -0.39 is 9.84 Å². The quantitative estimate of drug-likeness (QED) is 0.769. The number of aryl methyl sites for hydroxylation is 1. The Morgan fingerprint density at radius 2 is 1.86 bits per heavy atom. The number of sulfone groups is 1. The van der Waals surface area contributed by atoms with Gasteiger partial charge in [-0.05, 0) is 18.6 Å². The maximum atomic E-state index is 11.8. The third-order valence-corrected chi connectivity index (χ3v) is 4.99. The predicted octanol–water partition coefficient (Wildman–Crippen LogP) is 2.57. The van der Waals surface area contributed by atoms with E-state index in [4.69, 9.17) is 0 Å². The Morgan fingerprint density at radius 3 is 2.38 bits per heavy atom.